The summed E-state index contributed by atoms with van der Waals surface area (Å²) in [5, 5.41) is 0. The summed E-state index contributed by atoms with van der Waals surface area (Å²) >= 11 is 3.41. The van der Waals surface area contributed by atoms with Crippen LogP contribution in [0, 0.1) is 0 Å². The molecule has 1 atom stereocenters. The molecular formula is C12H17BrN2. The molecule has 2 rings (SSSR count). The van der Waals surface area contributed by atoms with E-state index < -0.39 is 0 Å². The molecule has 2 nitrogen and oxygen atoms in total. The van der Waals surface area contributed by atoms with Crippen molar-refractivity contribution in [2.75, 3.05) is 6.54 Å². The van der Waals surface area contributed by atoms with E-state index in [9.17, 15) is 0 Å². The monoisotopic (exact) mass is 268 g/mol. The largest absolute Gasteiger partial charge is 0.295 e. The molecule has 0 amide bonds. The van der Waals surface area contributed by atoms with Crippen molar-refractivity contribution >= 4 is 15.9 Å². The van der Waals surface area contributed by atoms with Gasteiger partial charge in [-0.2, -0.15) is 0 Å². The Bertz CT molecular complexity index is 310. The fourth-order valence-corrected chi connectivity index (χ4v) is 2.34. The van der Waals surface area contributed by atoms with E-state index in [0.29, 0.717) is 6.04 Å². The van der Waals surface area contributed by atoms with E-state index in [1.807, 2.05) is 6.20 Å². The normalized spacial score (nSPS) is 22.9. The molecule has 0 aromatic carbocycles. The van der Waals surface area contributed by atoms with Crippen molar-refractivity contribution in [2.24, 2.45) is 0 Å². The SMILES string of the molecule is CC1CCCCN1Cc1ccc(Br)cn1. The summed E-state index contributed by atoms with van der Waals surface area (Å²) < 4.78 is 1.05. The highest BCUT2D eigenvalue weighted by Gasteiger charge is 2.18. The van der Waals surface area contributed by atoms with Crippen LogP contribution in [0.3, 0.4) is 0 Å². The summed E-state index contributed by atoms with van der Waals surface area (Å²) in [5.41, 5.74) is 1.17. The molecule has 1 unspecified atom stereocenters. The van der Waals surface area contributed by atoms with Gasteiger partial charge in [-0.1, -0.05) is 6.42 Å². The Morgan fingerprint density at radius 2 is 2.33 bits per heavy atom. The summed E-state index contributed by atoms with van der Waals surface area (Å²) in [6, 6.07) is 4.88. The zero-order chi connectivity index (χ0) is 10.7. The lowest BCUT2D eigenvalue weighted by atomic mass is 10.0. The van der Waals surface area contributed by atoms with Gasteiger partial charge in [-0.3, -0.25) is 9.88 Å². The fourth-order valence-electron chi connectivity index (χ4n) is 2.10. The van der Waals surface area contributed by atoms with E-state index in [0.717, 1.165) is 11.0 Å². The molecule has 15 heavy (non-hydrogen) atoms. The lowest BCUT2D eigenvalue weighted by Crippen LogP contribution is -2.36. The van der Waals surface area contributed by atoms with Crippen LogP contribution < -0.4 is 0 Å². The predicted molar refractivity (Wildman–Crippen MR) is 65.7 cm³/mol. The van der Waals surface area contributed by atoms with E-state index in [-0.39, 0.29) is 0 Å². The van der Waals surface area contributed by atoms with E-state index >= 15 is 0 Å². The number of likely N-dealkylation sites (tertiary alicyclic amines) is 1. The first-order valence-electron chi connectivity index (χ1n) is 5.60. The van der Waals surface area contributed by atoms with Gasteiger partial charge in [0.05, 0.1) is 5.69 Å². The Morgan fingerprint density at radius 1 is 1.47 bits per heavy atom. The average molecular weight is 269 g/mol. The number of pyridine rings is 1. The third-order valence-electron chi connectivity index (χ3n) is 3.09. The van der Waals surface area contributed by atoms with E-state index in [2.05, 4.69) is 44.9 Å². The molecule has 3 heteroatoms. The number of hydrogen-bond acceptors (Lipinski definition) is 2. The Morgan fingerprint density at radius 3 is 3.00 bits per heavy atom. The summed E-state index contributed by atoms with van der Waals surface area (Å²) in [7, 11) is 0. The van der Waals surface area contributed by atoms with Crippen LogP contribution in [0.5, 0.6) is 0 Å². The first-order chi connectivity index (χ1) is 7.25. The van der Waals surface area contributed by atoms with Crippen LogP contribution in [0.25, 0.3) is 0 Å². The molecule has 1 aliphatic heterocycles. The Hall–Kier alpha value is -0.410. The van der Waals surface area contributed by atoms with Gasteiger partial charge >= 0.3 is 0 Å². The minimum atomic E-state index is 0.712. The summed E-state index contributed by atoms with van der Waals surface area (Å²) in [5.74, 6) is 0. The molecule has 0 saturated carbocycles. The Balaban J connectivity index is 1.98. The molecule has 0 aliphatic carbocycles. The molecule has 0 bridgehead atoms. The molecule has 0 radical (unpaired) electrons. The highest BCUT2D eigenvalue weighted by molar-refractivity contribution is 9.10. The quantitative estimate of drug-likeness (QED) is 0.819. The molecule has 1 aliphatic rings. The Kier molecular flexibility index (Phi) is 3.76. The number of rotatable bonds is 2. The van der Waals surface area contributed by atoms with Crippen LogP contribution in [0.2, 0.25) is 0 Å². The van der Waals surface area contributed by atoms with Gasteiger partial charge < -0.3 is 0 Å². The second-order valence-corrected chi connectivity index (χ2v) is 5.20. The smallest absolute Gasteiger partial charge is 0.0544 e. The van der Waals surface area contributed by atoms with Gasteiger partial charge in [0.25, 0.3) is 0 Å². The van der Waals surface area contributed by atoms with Crippen molar-refractivity contribution in [1.82, 2.24) is 9.88 Å². The maximum atomic E-state index is 4.42. The van der Waals surface area contributed by atoms with E-state index in [1.54, 1.807) is 0 Å². The molecule has 0 spiro atoms. The van der Waals surface area contributed by atoms with Gasteiger partial charge in [0.1, 0.15) is 0 Å². The van der Waals surface area contributed by atoms with Crippen LogP contribution in [-0.4, -0.2) is 22.5 Å². The van der Waals surface area contributed by atoms with Crippen LogP contribution in [0.15, 0.2) is 22.8 Å². The lowest BCUT2D eigenvalue weighted by Gasteiger charge is -2.32. The minimum Gasteiger partial charge on any atom is -0.295 e. The maximum absolute atomic E-state index is 4.42. The van der Waals surface area contributed by atoms with Crippen molar-refractivity contribution in [3.05, 3.63) is 28.5 Å². The number of halogens is 1. The highest BCUT2D eigenvalue weighted by atomic mass is 79.9. The number of aromatic nitrogens is 1. The standard InChI is InChI=1S/C12H17BrN2/c1-10-4-2-3-7-15(10)9-12-6-5-11(13)8-14-12/h5-6,8,10H,2-4,7,9H2,1H3. The number of piperidine rings is 1. The van der Waals surface area contributed by atoms with Crippen LogP contribution in [-0.2, 0) is 6.54 Å². The van der Waals surface area contributed by atoms with Crippen LogP contribution >= 0.6 is 15.9 Å². The van der Waals surface area contributed by atoms with Gasteiger partial charge in [0.2, 0.25) is 0 Å². The molecule has 1 fully saturated rings. The molecular weight excluding hydrogens is 252 g/mol. The zero-order valence-electron chi connectivity index (χ0n) is 9.12. The van der Waals surface area contributed by atoms with Crippen LogP contribution in [0.4, 0.5) is 0 Å². The predicted octanol–water partition coefficient (Wildman–Crippen LogP) is 3.22. The summed E-state index contributed by atoms with van der Waals surface area (Å²) in [6.07, 6.45) is 5.92. The van der Waals surface area contributed by atoms with Gasteiger partial charge in [-0.05, 0) is 54.4 Å². The number of nitrogens with zero attached hydrogens (tertiary/aromatic N) is 2. The second-order valence-electron chi connectivity index (χ2n) is 4.28. The van der Waals surface area contributed by atoms with Crippen molar-refractivity contribution in [2.45, 2.75) is 38.8 Å². The summed E-state index contributed by atoms with van der Waals surface area (Å²) in [4.78, 5) is 6.95. The average Bonchev–Trinajstić information content (AvgIpc) is 2.25. The molecule has 1 saturated heterocycles. The van der Waals surface area contributed by atoms with Gasteiger partial charge in [-0.15, -0.1) is 0 Å². The molecule has 1 aromatic rings. The van der Waals surface area contributed by atoms with Crippen molar-refractivity contribution in [1.29, 1.82) is 0 Å². The lowest BCUT2D eigenvalue weighted by molar-refractivity contribution is 0.151. The number of hydrogen-bond donors (Lipinski definition) is 0. The fraction of sp³-hybridized carbons (Fsp3) is 0.583. The van der Waals surface area contributed by atoms with Gasteiger partial charge in [0, 0.05) is 23.3 Å². The third-order valence-corrected chi connectivity index (χ3v) is 3.56. The second kappa shape index (κ2) is 5.08. The van der Waals surface area contributed by atoms with Crippen molar-refractivity contribution < 1.29 is 0 Å². The molecule has 0 N–H and O–H groups in total. The van der Waals surface area contributed by atoms with E-state index in [4.69, 9.17) is 0 Å². The molecule has 1 aromatic heterocycles. The van der Waals surface area contributed by atoms with Gasteiger partial charge in [-0.25, -0.2) is 0 Å². The molecule has 2 heterocycles. The maximum Gasteiger partial charge on any atom is 0.0544 e. The minimum absolute atomic E-state index is 0.712. The first-order valence-corrected chi connectivity index (χ1v) is 6.39. The first kappa shape index (κ1) is 11.1. The highest BCUT2D eigenvalue weighted by Crippen LogP contribution is 2.18. The third kappa shape index (κ3) is 3.02. The van der Waals surface area contributed by atoms with E-state index in [1.165, 1.54) is 31.5 Å². The van der Waals surface area contributed by atoms with Gasteiger partial charge in [0.15, 0.2) is 0 Å². The Labute approximate surface area is 99.8 Å². The molecule has 82 valence electrons. The summed E-state index contributed by atoms with van der Waals surface area (Å²) in [6.45, 7) is 4.53. The topological polar surface area (TPSA) is 16.1 Å². The van der Waals surface area contributed by atoms with Crippen molar-refractivity contribution in [3.63, 3.8) is 0 Å². The zero-order valence-corrected chi connectivity index (χ0v) is 10.7. The van der Waals surface area contributed by atoms with Crippen molar-refractivity contribution in [3.8, 4) is 0 Å². The van der Waals surface area contributed by atoms with Crippen LogP contribution in [0.1, 0.15) is 31.9 Å².